The summed E-state index contributed by atoms with van der Waals surface area (Å²) in [6, 6.07) is 10.6. The fourth-order valence-corrected chi connectivity index (χ4v) is 3.53. The van der Waals surface area contributed by atoms with Gasteiger partial charge in [-0.05, 0) is 48.7 Å². The Balaban J connectivity index is 1.87. The number of ether oxygens (including phenoxy) is 1. The number of aryl methyl sites for hydroxylation is 1. The standard InChI is InChI=1S/C19H16Cl2O3/c1-10-4-3-5-13(11(10)2)17-14(9-22)19(18(17)23)24-16-7-6-12(20)8-15(16)21/h3-9,14,17,19H,1-2H3. The van der Waals surface area contributed by atoms with Crippen LogP contribution in [0.15, 0.2) is 36.4 Å². The monoisotopic (exact) mass is 362 g/mol. The number of rotatable bonds is 4. The quantitative estimate of drug-likeness (QED) is 0.749. The number of halogens is 2. The molecule has 0 saturated heterocycles. The van der Waals surface area contributed by atoms with Gasteiger partial charge in [0.25, 0.3) is 0 Å². The van der Waals surface area contributed by atoms with E-state index in [4.69, 9.17) is 27.9 Å². The molecule has 2 aromatic rings. The smallest absolute Gasteiger partial charge is 0.182 e. The van der Waals surface area contributed by atoms with Crippen molar-refractivity contribution in [1.82, 2.24) is 0 Å². The van der Waals surface area contributed by atoms with Crippen LogP contribution in [0.5, 0.6) is 5.75 Å². The number of carbonyl (C=O) groups is 2. The summed E-state index contributed by atoms with van der Waals surface area (Å²) in [5, 5.41) is 0.794. The zero-order chi connectivity index (χ0) is 17.4. The van der Waals surface area contributed by atoms with E-state index in [-0.39, 0.29) is 5.78 Å². The van der Waals surface area contributed by atoms with Crippen molar-refractivity contribution < 1.29 is 14.3 Å². The molecule has 1 aliphatic rings. The van der Waals surface area contributed by atoms with Crippen LogP contribution < -0.4 is 4.74 Å². The van der Waals surface area contributed by atoms with Crippen LogP contribution in [0, 0.1) is 19.8 Å². The molecule has 5 heteroatoms. The predicted molar refractivity (Wildman–Crippen MR) is 94.1 cm³/mol. The van der Waals surface area contributed by atoms with Gasteiger partial charge >= 0.3 is 0 Å². The summed E-state index contributed by atoms with van der Waals surface area (Å²) in [6.07, 6.45) is -0.0198. The molecule has 0 amide bonds. The maximum absolute atomic E-state index is 12.6. The molecule has 3 rings (SSSR count). The van der Waals surface area contributed by atoms with Gasteiger partial charge in [-0.15, -0.1) is 0 Å². The van der Waals surface area contributed by atoms with E-state index >= 15 is 0 Å². The van der Waals surface area contributed by atoms with Crippen molar-refractivity contribution in [3.63, 3.8) is 0 Å². The van der Waals surface area contributed by atoms with Crippen molar-refractivity contribution >= 4 is 35.3 Å². The maximum atomic E-state index is 12.6. The van der Waals surface area contributed by atoms with Gasteiger partial charge in [0.15, 0.2) is 11.9 Å². The van der Waals surface area contributed by atoms with Gasteiger partial charge in [-0.1, -0.05) is 41.4 Å². The topological polar surface area (TPSA) is 43.4 Å². The Hall–Kier alpha value is -1.84. The normalized spacial score (nSPS) is 22.8. The first-order chi connectivity index (χ1) is 11.4. The van der Waals surface area contributed by atoms with Gasteiger partial charge in [-0.2, -0.15) is 0 Å². The molecule has 2 aromatic carbocycles. The van der Waals surface area contributed by atoms with Crippen LogP contribution in [-0.4, -0.2) is 18.2 Å². The lowest BCUT2D eigenvalue weighted by atomic mass is 9.66. The highest BCUT2D eigenvalue weighted by Gasteiger charge is 2.53. The Kier molecular flexibility index (Phi) is 4.66. The van der Waals surface area contributed by atoms with Crippen molar-refractivity contribution in [2.75, 3.05) is 0 Å². The van der Waals surface area contributed by atoms with Crippen LogP contribution in [0.1, 0.15) is 22.6 Å². The first-order valence-corrected chi connectivity index (χ1v) is 8.36. The van der Waals surface area contributed by atoms with Crippen molar-refractivity contribution in [2.45, 2.75) is 25.9 Å². The Labute approximate surface area is 150 Å². The molecule has 0 spiro atoms. The first kappa shape index (κ1) is 17.0. The third-order valence-electron chi connectivity index (χ3n) is 4.61. The van der Waals surface area contributed by atoms with Gasteiger partial charge in [0, 0.05) is 5.02 Å². The fraction of sp³-hybridized carbons (Fsp3) is 0.263. The molecule has 0 bridgehead atoms. The highest BCUT2D eigenvalue weighted by atomic mass is 35.5. The van der Waals surface area contributed by atoms with E-state index in [9.17, 15) is 9.59 Å². The second-order valence-corrected chi connectivity index (χ2v) is 6.84. The number of Topliss-reactive ketones (excluding diaryl/α,β-unsaturated/α-hetero) is 1. The van der Waals surface area contributed by atoms with E-state index in [1.165, 1.54) is 0 Å². The molecular formula is C19H16Cl2O3. The van der Waals surface area contributed by atoms with Crippen LogP contribution in [0.2, 0.25) is 10.0 Å². The molecule has 0 radical (unpaired) electrons. The minimum atomic E-state index is -0.814. The van der Waals surface area contributed by atoms with E-state index in [2.05, 4.69) is 0 Å². The number of hydrogen-bond acceptors (Lipinski definition) is 3. The Bertz CT molecular complexity index is 816. The van der Waals surface area contributed by atoms with Crippen LogP contribution in [-0.2, 0) is 9.59 Å². The summed E-state index contributed by atoms with van der Waals surface area (Å²) in [5.41, 5.74) is 3.01. The largest absolute Gasteiger partial charge is 0.480 e. The van der Waals surface area contributed by atoms with Crippen molar-refractivity contribution in [1.29, 1.82) is 0 Å². The molecular weight excluding hydrogens is 347 g/mol. The van der Waals surface area contributed by atoms with Crippen molar-refractivity contribution in [3.05, 3.63) is 63.1 Å². The molecule has 0 aliphatic heterocycles. The molecule has 0 heterocycles. The molecule has 0 aromatic heterocycles. The number of ketones is 1. The highest BCUT2D eigenvalue weighted by Crippen LogP contribution is 2.43. The molecule has 1 aliphatic carbocycles. The lowest BCUT2D eigenvalue weighted by molar-refractivity contribution is -0.147. The summed E-state index contributed by atoms with van der Waals surface area (Å²) < 4.78 is 5.70. The molecule has 1 fully saturated rings. The number of carbonyl (C=O) groups excluding carboxylic acids is 2. The minimum absolute atomic E-state index is 0.105. The third kappa shape index (κ3) is 2.83. The average molecular weight is 363 g/mol. The van der Waals surface area contributed by atoms with Gasteiger partial charge in [0.1, 0.15) is 12.0 Å². The van der Waals surface area contributed by atoms with E-state index in [1.807, 2.05) is 32.0 Å². The SMILES string of the molecule is Cc1cccc(C2C(=O)C(Oc3ccc(Cl)cc3Cl)C2C=O)c1C. The number of hydrogen-bond donors (Lipinski definition) is 0. The van der Waals surface area contributed by atoms with E-state index in [1.54, 1.807) is 18.2 Å². The lowest BCUT2D eigenvalue weighted by Crippen LogP contribution is -2.54. The summed E-state index contributed by atoms with van der Waals surface area (Å²) >= 11 is 11.9. The van der Waals surface area contributed by atoms with Crippen LogP contribution in [0.4, 0.5) is 0 Å². The molecule has 24 heavy (non-hydrogen) atoms. The minimum Gasteiger partial charge on any atom is -0.480 e. The van der Waals surface area contributed by atoms with Gasteiger partial charge in [0.05, 0.1) is 16.9 Å². The summed E-state index contributed by atoms with van der Waals surface area (Å²) in [4.78, 5) is 24.2. The second kappa shape index (κ2) is 6.58. The van der Waals surface area contributed by atoms with E-state index in [0.29, 0.717) is 15.8 Å². The third-order valence-corrected chi connectivity index (χ3v) is 5.14. The first-order valence-electron chi connectivity index (χ1n) is 7.61. The van der Waals surface area contributed by atoms with E-state index in [0.717, 1.165) is 23.0 Å². The van der Waals surface area contributed by atoms with Gasteiger partial charge in [-0.25, -0.2) is 0 Å². The summed E-state index contributed by atoms with van der Waals surface area (Å²) in [6.45, 7) is 3.95. The molecule has 124 valence electrons. The lowest BCUT2D eigenvalue weighted by Gasteiger charge is -2.40. The average Bonchev–Trinajstić information content (AvgIpc) is 2.55. The number of benzene rings is 2. The number of aldehydes is 1. The zero-order valence-corrected chi connectivity index (χ0v) is 14.8. The van der Waals surface area contributed by atoms with Crippen LogP contribution in [0.3, 0.4) is 0 Å². The summed E-state index contributed by atoms with van der Waals surface area (Å²) in [7, 11) is 0. The van der Waals surface area contributed by atoms with Crippen molar-refractivity contribution in [2.24, 2.45) is 5.92 Å². The van der Waals surface area contributed by atoms with Crippen LogP contribution >= 0.6 is 23.2 Å². The fourth-order valence-electron chi connectivity index (χ4n) is 3.08. The molecule has 3 nitrogen and oxygen atoms in total. The second-order valence-electron chi connectivity index (χ2n) is 6.00. The Morgan fingerprint density at radius 3 is 2.54 bits per heavy atom. The zero-order valence-electron chi connectivity index (χ0n) is 13.3. The van der Waals surface area contributed by atoms with Gasteiger partial charge in [0.2, 0.25) is 0 Å². The van der Waals surface area contributed by atoms with Crippen LogP contribution in [0.25, 0.3) is 0 Å². The molecule has 1 saturated carbocycles. The Morgan fingerprint density at radius 1 is 1.12 bits per heavy atom. The van der Waals surface area contributed by atoms with Gasteiger partial charge < -0.3 is 9.53 Å². The van der Waals surface area contributed by atoms with Gasteiger partial charge in [-0.3, -0.25) is 4.79 Å². The maximum Gasteiger partial charge on any atom is 0.182 e. The molecule has 3 atom stereocenters. The predicted octanol–water partition coefficient (Wildman–Crippen LogP) is 4.54. The molecule has 0 N–H and O–H groups in total. The molecule has 3 unspecified atom stereocenters. The Morgan fingerprint density at radius 2 is 1.88 bits per heavy atom. The van der Waals surface area contributed by atoms with Crippen molar-refractivity contribution in [3.8, 4) is 5.75 Å². The summed E-state index contributed by atoms with van der Waals surface area (Å²) in [5.74, 6) is -0.735. The van der Waals surface area contributed by atoms with E-state index < -0.39 is 17.9 Å². The highest BCUT2D eigenvalue weighted by molar-refractivity contribution is 6.35.